The van der Waals surface area contributed by atoms with Crippen LogP contribution >= 0.6 is 11.8 Å². The van der Waals surface area contributed by atoms with Crippen molar-refractivity contribution in [1.82, 2.24) is 0 Å². The third kappa shape index (κ3) is 15.5. The molecule has 396 valence electrons. The van der Waals surface area contributed by atoms with Crippen LogP contribution in [0.4, 0.5) is 0 Å². The van der Waals surface area contributed by atoms with Crippen molar-refractivity contribution in [2.24, 2.45) is 16.2 Å². The van der Waals surface area contributed by atoms with E-state index in [1.807, 2.05) is 61.2 Å². The van der Waals surface area contributed by atoms with Crippen LogP contribution in [-0.2, 0) is 43.5 Å². The molecule has 6 aromatic rings. The SMILES string of the molecule is CCOC(=O)CC1(CS(=O)(=O)c2ccccc2-c2ccc(C#N)cc2)CC1.CCOC(=O)CC1(CSc2ccccc2-c2ccc(C#N)cc2)CC1.N#Cc1ccc(-c2ccccc2S(=O)(=O)CC2(CC(=O)O)CC2)cc1. The predicted molar refractivity (Wildman–Crippen MR) is 294 cm³/mol. The number of sulfone groups is 2. The number of carbonyl (C=O) groups excluding carboxylic acids is 2. The fourth-order valence-electron chi connectivity index (χ4n) is 9.15. The fraction of sp³-hybridized carbons (Fsp3) is 0.311. The van der Waals surface area contributed by atoms with Crippen molar-refractivity contribution in [3.8, 4) is 51.6 Å². The first kappa shape index (κ1) is 57.2. The smallest absolute Gasteiger partial charge is 0.306 e. The van der Waals surface area contributed by atoms with Gasteiger partial charge >= 0.3 is 17.9 Å². The summed E-state index contributed by atoms with van der Waals surface area (Å²) in [6.07, 6.45) is 5.40. The zero-order chi connectivity index (χ0) is 55.3. The van der Waals surface area contributed by atoms with Gasteiger partial charge in [0.15, 0.2) is 19.7 Å². The van der Waals surface area contributed by atoms with Crippen molar-refractivity contribution in [2.45, 2.75) is 86.3 Å². The molecule has 77 heavy (non-hydrogen) atoms. The maximum atomic E-state index is 13.1. The van der Waals surface area contributed by atoms with Gasteiger partial charge in [0.1, 0.15) is 0 Å². The van der Waals surface area contributed by atoms with Crippen LogP contribution in [0.1, 0.15) is 88.3 Å². The van der Waals surface area contributed by atoms with Crippen LogP contribution in [0.3, 0.4) is 0 Å². The summed E-state index contributed by atoms with van der Waals surface area (Å²) in [4.78, 5) is 36.3. The first-order valence-corrected chi connectivity index (χ1v) is 29.6. The van der Waals surface area contributed by atoms with Crippen molar-refractivity contribution in [1.29, 1.82) is 15.8 Å². The summed E-state index contributed by atoms with van der Waals surface area (Å²) in [5.41, 5.74) is 5.55. The fourth-order valence-corrected chi connectivity index (χ4v) is 14.8. The first-order valence-electron chi connectivity index (χ1n) is 25.3. The van der Waals surface area contributed by atoms with E-state index in [0.29, 0.717) is 78.7 Å². The third-order valence-corrected chi connectivity index (χ3v) is 19.3. The van der Waals surface area contributed by atoms with Crippen molar-refractivity contribution in [3.63, 3.8) is 0 Å². The summed E-state index contributed by atoms with van der Waals surface area (Å²) in [6.45, 7) is 4.33. The molecule has 0 unspecified atom stereocenters. The second-order valence-electron chi connectivity index (χ2n) is 19.9. The molecule has 0 bridgehead atoms. The van der Waals surface area contributed by atoms with Crippen LogP contribution in [0.5, 0.6) is 0 Å². The number of carboxylic acid groups (broad SMARTS) is 1. The van der Waals surface area contributed by atoms with Crippen LogP contribution in [0.25, 0.3) is 33.4 Å². The Morgan fingerprint density at radius 3 is 1.19 bits per heavy atom. The molecule has 0 aliphatic heterocycles. The Morgan fingerprint density at radius 2 is 0.831 bits per heavy atom. The monoisotopic (exact) mass is 1090 g/mol. The largest absolute Gasteiger partial charge is 0.481 e. The highest BCUT2D eigenvalue weighted by Gasteiger charge is 2.50. The van der Waals surface area contributed by atoms with Crippen molar-refractivity contribution >= 4 is 49.3 Å². The van der Waals surface area contributed by atoms with E-state index in [2.05, 4.69) is 24.3 Å². The van der Waals surface area contributed by atoms with Gasteiger partial charge in [0.05, 0.1) is 88.7 Å². The van der Waals surface area contributed by atoms with Crippen LogP contribution in [0.15, 0.2) is 160 Å². The molecule has 0 aromatic heterocycles. The number of benzene rings is 6. The van der Waals surface area contributed by atoms with Gasteiger partial charge in [-0.05, 0) is 145 Å². The Kier molecular flexibility index (Phi) is 18.6. The van der Waals surface area contributed by atoms with Gasteiger partial charge in [-0.1, -0.05) is 91.0 Å². The molecular weight excluding hydrogens is 1030 g/mol. The Morgan fingerprint density at radius 1 is 0.494 bits per heavy atom. The van der Waals surface area contributed by atoms with E-state index in [1.165, 1.54) is 10.5 Å². The van der Waals surface area contributed by atoms with Gasteiger partial charge in [-0.25, -0.2) is 16.8 Å². The molecule has 1 N–H and O–H groups in total. The number of carboxylic acids is 1. The lowest BCUT2D eigenvalue weighted by Crippen LogP contribution is -2.22. The lowest BCUT2D eigenvalue weighted by Gasteiger charge is -2.16. The van der Waals surface area contributed by atoms with E-state index >= 15 is 0 Å². The quantitative estimate of drug-likeness (QED) is 0.0554. The molecule has 16 heteroatoms. The van der Waals surface area contributed by atoms with Gasteiger partial charge in [0, 0.05) is 21.8 Å². The summed E-state index contributed by atoms with van der Waals surface area (Å²) in [5, 5.41) is 35.8. The molecule has 13 nitrogen and oxygen atoms in total. The number of thioether (sulfide) groups is 1. The lowest BCUT2D eigenvalue weighted by molar-refractivity contribution is -0.145. The maximum Gasteiger partial charge on any atom is 0.306 e. The summed E-state index contributed by atoms with van der Waals surface area (Å²) in [7, 11) is -7.21. The van der Waals surface area contributed by atoms with Crippen LogP contribution in [-0.4, -0.2) is 70.3 Å². The number of hydrogen-bond donors (Lipinski definition) is 1. The second-order valence-corrected chi connectivity index (χ2v) is 24.8. The Hall–Kier alpha value is -7.55. The van der Waals surface area contributed by atoms with E-state index in [0.717, 1.165) is 29.7 Å². The number of hydrogen-bond acceptors (Lipinski definition) is 13. The molecule has 3 aliphatic carbocycles. The van der Waals surface area contributed by atoms with E-state index in [9.17, 15) is 31.2 Å². The number of rotatable bonds is 20. The highest BCUT2D eigenvalue weighted by Crippen LogP contribution is 2.54. The number of aliphatic carboxylic acids is 1. The van der Waals surface area contributed by atoms with E-state index in [4.69, 9.17) is 30.4 Å². The van der Waals surface area contributed by atoms with Crippen LogP contribution < -0.4 is 0 Å². The molecule has 6 aromatic carbocycles. The molecule has 0 atom stereocenters. The summed E-state index contributed by atoms with van der Waals surface area (Å²) < 4.78 is 62.3. The molecule has 0 saturated heterocycles. The Labute approximate surface area is 455 Å². The number of ether oxygens (including phenoxy) is 2. The third-order valence-electron chi connectivity index (χ3n) is 13.9. The maximum absolute atomic E-state index is 13.1. The minimum Gasteiger partial charge on any atom is -0.481 e. The number of carbonyl (C=O) groups is 3. The van der Waals surface area contributed by atoms with Crippen LogP contribution in [0, 0.1) is 50.2 Å². The molecule has 3 fully saturated rings. The predicted octanol–water partition coefficient (Wildman–Crippen LogP) is 12.0. The van der Waals surface area contributed by atoms with Gasteiger partial charge in [0.2, 0.25) is 0 Å². The standard InChI is InChI=1S/C21H21NO4S.C21H21NO2S.C19H17NO4S/c1-2-26-20(23)13-21(11-12-21)15-27(24,25)19-6-4-3-5-18(19)17-9-7-16(14-22)8-10-17;1-2-24-20(23)13-21(11-12-21)15-25-19-6-4-3-5-18(19)17-9-7-16(14-22)8-10-17;20-12-14-5-7-15(8-6-14)16-3-1-2-4-17(16)25(23,24)13-19(9-10-19)11-18(21)22/h3-10H,2,11-13,15H2,1H3;3-10H,2,11-13,15H2,1H3;1-8H,9-11,13H2,(H,21,22). The average Bonchev–Trinajstić information content (AvgIpc) is 4.41. The normalized spacial score (nSPS) is 14.9. The van der Waals surface area contributed by atoms with Crippen molar-refractivity contribution in [3.05, 3.63) is 162 Å². The highest BCUT2D eigenvalue weighted by molar-refractivity contribution is 7.99. The van der Waals surface area contributed by atoms with E-state index < -0.39 is 36.5 Å². The summed E-state index contributed by atoms with van der Waals surface area (Å²) in [6, 6.07) is 49.3. The first-order chi connectivity index (χ1) is 36.9. The highest BCUT2D eigenvalue weighted by atomic mass is 32.2. The summed E-state index contributed by atoms with van der Waals surface area (Å²) >= 11 is 1.81. The van der Waals surface area contributed by atoms with Gasteiger partial charge in [-0.3, -0.25) is 14.4 Å². The minimum atomic E-state index is -3.62. The molecular formula is C61H59N3O10S3. The Bertz CT molecular complexity index is 3460. The molecule has 0 radical (unpaired) electrons. The molecule has 9 rings (SSSR count). The van der Waals surface area contributed by atoms with Gasteiger partial charge in [-0.15, -0.1) is 11.8 Å². The van der Waals surface area contributed by atoms with E-state index in [1.54, 1.807) is 104 Å². The van der Waals surface area contributed by atoms with E-state index in [-0.39, 0.29) is 51.5 Å². The molecule has 3 aliphatic rings. The number of nitriles is 3. The zero-order valence-corrected chi connectivity index (χ0v) is 45.4. The Balaban J connectivity index is 0.000000168. The second kappa shape index (κ2) is 25.1. The summed E-state index contributed by atoms with van der Waals surface area (Å²) in [5.74, 6) is -0.676. The average molecular weight is 1090 g/mol. The number of nitrogens with zero attached hydrogens (tertiary/aromatic N) is 3. The molecule has 0 amide bonds. The lowest BCUT2D eigenvalue weighted by atomic mass is 10.0. The minimum absolute atomic E-state index is 0.0634. The topological polar surface area (TPSA) is 230 Å². The molecule has 0 heterocycles. The van der Waals surface area contributed by atoms with Crippen molar-refractivity contribution < 1.29 is 45.8 Å². The molecule has 0 spiro atoms. The van der Waals surface area contributed by atoms with Gasteiger partial charge in [0.25, 0.3) is 0 Å². The number of esters is 2. The van der Waals surface area contributed by atoms with Gasteiger partial charge in [-0.2, -0.15) is 15.8 Å². The zero-order valence-electron chi connectivity index (χ0n) is 42.9. The molecule has 3 saturated carbocycles. The van der Waals surface area contributed by atoms with Crippen LogP contribution in [0.2, 0.25) is 0 Å². The van der Waals surface area contributed by atoms with Crippen molar-refractivity contribution in [2.75, 3.05) is 30.5 Å². The van der Waals surface area contributed by atoms with Gasteiger partial charge < -0.3 is 14.6 Å².